The van der Waals surface area contributed by atoms with Crippen molar-refractivity contribution in [2.75, 3.05) is 6.54 Å². The molecule has 6 nitrogen and oxygen atoms in total. The Bertz CT molecular complexity index is 618. The lowest BCUT2D eigenvalue weighted by Gasteiger charge is -2.26. The van der Waals surface area contributed by atoms with Crippen LogP contribution in [0.1, 0.15) is 48.9 Å². The monoisotopic (exact) mass is 329 g/mol. The molecule has 0 spiro atoms. The van der Waals surface area contributed by atoms with E-state index in [4.69, 9.17) is 5.26 Å². The molecule has 1 fully saturated rings. The van der Waals surface area contributed by atoms with Crippen LogP contribution in [0, 0.1) is 17.2 Å². The molecule has 1 aromatic rings. The Balaban J connectivity index is 2.04. The van der Waals surface area contributed by atoms with Gasteiger partial charge in [0.1, 0.15) is 18.3 Å². The lowest BCUT2D eigenvalue weighted by molar-refractivity contribution is -0.123. The number of phenols is 1. The zero-order valence-electron chi connectivity index (χ0n) is 13.6. The minimum atomic E-state index is -0.670. The van der Waals surface area contributed by atoms with Crippen LogP contribution in [-0.4, -0.2) is 29.5 Å². The largest absolute Gasteiger partial charge is 0.508 e. The summed E-state index contributed by atoms with van der Waals surface area (Å²) in [6, 6.07) is 7.21. The highest BCUT2D eigenvalue weighted by Crippen LogP contribution is 2.27. The summed E-state index contributed by atoms with van der Waals surface area (Å²) in [5, 5.41) is 23.4. The van der Waals surface area contributed by atoms with Gasteiger partial charge in [-0.25, -0.2) is 0 Å². The molecule has 1 aromatic carbocycles. The standard InChI is InChI=1S/C18H23N3O3/c19-9-10-20-18(24)16(11-13-5-2-1-3-6-13)21-17(23)14-7-4-8-15(22)12-14/h4,7-8,12-13,16,22H,1-3,5-6,10-11H2,(H,20,24)(H,21,23). The number of amides is 2. The van der Waals surface area contributed by atoms with Gasteiger partial charge >= 0.3 is 0 Å². The van der Waals surface area contributed by atoms with E-state index in [9.17, 15) is 14.7 Å². The first-order chi connectivity index (χ1) is 11.6. The van der Waals surface area contributed by atoms with Gasteiger partial charge in [-0.05, 0) is 30.5 Å². The number of phenolic OH excluding ortho intramolecular Hbond substituents is 1. The summed E-state index contributed by atoms with van der Waals surface area (Å²) in [6.07, 6.45) is 6.21. The van der Waals surface area contributed by atoms with Gasteiger partial charge in [0.15, 0.2) is 0 Å². The Hall–Kier alpha value is -2.55. The Labute approximate surface area is 141 Å². The molecule has 1 aliphatic carbocycles. The molecule has 24 heavy (non-hydrogen) atoms. The number of nitrogens with one attached hydrogen (secondary N) is 2. The average molecular weight is 329 g/mol. The molecule has 0 aromatic heterocycles. The van der Waals surface area contributed by atoms with Gasteiger partial charge < -0.3 is 15.7 Å². The van der Waals surface area contributed by atoms with Gasteiger partial charge in [-0.15, -0.1) is 0 Å². The average Bonchev–Trinajstić information content (AvgIpc) is 2.60. The van der Waals surface area contributed by atoms with Crippen LogP contribution in [0.5, 0.6) is 5.75 Å². The van der Waals surface area contributed by atoms with Crippen LogP contribution in [0.2, 0.25) is 0 Å². The van der Waals surface area contributed by atoms with Gasteiger partial charge in [0, 0.05) is 5.56 Å². The highest BCUT2D eigenvalue weighted by Gasteiger charge is 2.26. The van der Waals surface area contributed by atoms with Gasteiger partial charge in [-0.1, -0.05) is 38.2 Å². The van der Waals surface area contributed by atoms with Gasteiger partial charge in [0.05, 0.1) is 6.07 Å². The molecular formula is C18H23N3O3. The summed E-state index contributed by atoms with van der Waals surface area (Å²) in [4.78, 5) is 24.6. The van der Waals surface area contributed by atoms with E-state index in [-0.39, 0.29) is 18.2 Å². The van der Waals surface area contributed by atoms with E-state index in [0.717, 1.165) is 25.7 Å². The molecule has 0 heterocycles. The Morgan fingerprint density at radius 2 is 2.04 bits per heavy atom. The topological polar surface area (TPSA) is 102 Å². The van der Waals surface area contributed by atoms with Gasteiger partial charge in [-0.3, -0.25) is 9.59 Å². The predicted octanol–water partition coefficient (Wildman–Crippen LogP) is 2.10. The van der Waals surface area contributed by atoms with Gasteiger partial charge in [-0.2, -0.15) is 5.26 Å². The zero-order valence-corrected chi connectivity index (χ0v) is 13.6. The summed E-state index contributed by atoms with van der Waals surface area (Å²) in [5.74, 6) is -0.337. The van der Waals surface area contributed by atoms with E-state index >= 15 is 0 Å². The fraction of sp³-hybridized carbons (Fsp3) is 0.500. The van der Waals surface area contributed by atoms with Crippen molar-refractivity contribution in [1.29, 1.82) is 5.26 Å². The second kappa shape index (κ2) is 8.92. The van der Waals surface area contributed by atoms with Crippen LogP contribution in [0.4, 0.5) is 0 Å². The molecule has 0 aliphatic heterocycles. The fourth-order valence-corrected chi connectivity index (χ4v) is 3.13. The molecule has 128 valence electrons. The van der Waals surface area contributed by atoms with E-state index in [2.05, 4.69) is 10.6 Å². The fourth-order valence-electron chi connectivity index (χ4n) is 3.13. The number of nitriles is 1. The van der Waals surface area contributed by atoms with Gasteiger partial charge in [0.2, 0.25) is 5.91 Å². The third-order valence-electron chi connectivity index (χ3n) is 4.37. The normalized spacial score (nSPS) is 16.0. The SMILES string of the molecule is N#CCNC(=O)C(CC1CCCCC1)NC(=O)c1cccc(O)c1. The number of rotatable bonds is 6. The van der Waals surface area contributed by atoms with Crippen LogP contribution < -0.4 is 10.6 Å². The molecule has 2 amide bonds. The first kappa shape index (κ1) is 17.8. The number of nitrogens with zero attached hydrogens (tertiary/aromatic N) is 1. The molecule has 1 unspecified atom stereocenters. The van der Waals surface area contributed by atoms with Crippen molar-refractivity contribution < 1.29 is 14.7 Å². The number of benzene rings is 1. The minimum absolute atomic E-state index is 0.000382. The summed E-state index contributed by atoms with van der Waals surface area (Å²) >= 11 is 0. The van der Waals surface area contributed by atoms with E-state index in [1.807, 2.05) is 6.07 Å². The smallest absolute Gasteiger partial charge is 0.252 e. The number of hydrogen-bond donors (Lipinski definition) is 3. The molecule has 0 radical (unpaired) electrons. The Morgan fingerprint density at radius 1 is 1.29 bits per heavy atom. The molecule has 3 N–H and O–H groups in total. The first-order valence-corrected chi connectivity index (χ1v) is 8.34. The molecule has 0 saturated heterocycles. The van der Waals surface area contributed by atoms with E-state index in [1.54, 1.807) is 12.1 Å². The maximum Gasteiger partial charge on any atom is 0.252 e. The zero-order chi connectivity index (χ0) is 17.4. The van der Waals surface area contributed by atoms with Crippen molar-refractivity contribution >= 4 is 11.8 Å². The Morgan fingerprint density at radius 3 is 2.71 bits per heavy atom. The van der Waals surface area contributed by atoms with Crippen molar-refractivity contribution in [1.82, 2.24) is 10.6 Å². The van der Waals surface area contributed by atoms with Crippen LogP contribution in [-0.2, 0) is 4.79 Å². The van der Waals surface area contributed by atoms with E-state index in [1.165, 1.54) is 18.6 Å². The molecule has 1 saturated carbocycles. The molecule has 0 bridgehead atoms. The van der Waals surface area contributed by atoms with Crippen molar-refractivity contribution in [3.63, 3.8) is 0 Å². The molecule has 1 atom stereocenters. The third kappa shape index (κ3) is 5.27. The highest BCUT2D eigenvalue weighted by molar-refractivity contribution is 5.97. The second-order valence-electron chi connectivity index (χ2n) is 6.19. The molecule has 2 rings (SSSR count). The summed E-state index contributed by atoms with van der Waals surface area (Å²) in [6.45, 7) is -0.0814. The molecule has 6 heteroatoms. The molecule has 1 aliphatic rings. The lowest BCUT2D eigenvalue weighted by Crippen LogP contribution is -2.48. The summed E-state index contributed by atoms with van der Waals surface area (Å²) < 4.78 is 0. The lowest BCUT2D eigenvalue weighted by atomic mass is 9.84. The maximum atomic E-state index is 12.4. The van der Waals surface area contributed by atoms with E-state index in [0.29, 0.717) is 17.9 Å². The van der Waals surface area contributed by atoms with Crippen LogP contribution in [0.25, 0.3) is 0 Å². The van der Waals surface area contributed by atoms with Crippen LogP contribution >= 0.6 is 0 Å². The number of aromatic hydroxyl groups is 1. The quantitative estimate of drug-likeness (QED) is 0.695. The van der Waals surface area contributed by atoms with Crippen LogP contribution in [0.3, 0.4) is 0 Å². The number of hydrogen-bond acceptors (Lipinski definition) is 4. The van der Waals surface area contributed by atoms with Crippen molar-refractivity contribution in [3.05, 3.63) is 29.8 Å². The Kier molecular flexibility index (Phi) is 6.62. The second-order valence-corrected chi connectivity index (χ2v) is 6.19. The minimum Gasteiger partial charge on any atom is -0.508 e. The maximum absolute atomic E-state index is 12.4. The number of carbonyl (C=O) groups excluding carboxylic acids is 2. The predicted molar refractivity (Wildman–Crippen MR) is 89.2 cm³/mol. The third-order valence-corrected chi connectivity index (χ3v) is 4.37. The van der Waals surface area contributed by atoms with E-state index < -0.39 is 11.9 Å². The van der Waals surface area contributed by atoms with Crippen molar-refractivity contribution in [2.24, 2.45) is 5.92 Å². The van der Waals surface area contributed by atoms with Crippen molar-refractivity contribution in [3.8, 4) is 11.8 Å². The molecular weight excluding hydrogens is 306 g/mol. The van der Waals surface area contributed by atoms with Crippen LogP contribution in [0.15, 0.2) is 24.3 Å². The van der Waals surface area contributed by atoms with Gasteiger partial charge in [0.25, 0.3) is 5.91 Å². The first-order valence-electron chi connectivity index (χ1n) is 8.34. The highest BCUT2D eigenvalue weighted by atomic mass is 16.3. The summed E-state index contributed by atoms with van der Waals surface area (Å²) in [7, 11) is 0. The van der Waals surface area contributed by atoms with Crippen molar-refractivity contribution in [2.45, 2.75) is 44.6 Å². The number of carbonyl (C=O) groups is 2. The summed E-state index contributed by atoms with van der Waals surface area (Å²) in [5.41, 5.74) is 0.303.